The quantitative estimate of drug-likeness (QED) is 0.332. The van der Waals surface area contributed by atoms with Crippen molar-refractivity contribution in [3.63, 3.8) is 0 Å². The number of aromatic nitrogens is 2. The number of piperidine rings is 1. The van der Waals surface area contributed by atoms with Crippen LogP contribution in [-0.4, -0.2) is 81.5 Å². The zero-order chi connectivity index (χ0) is 32.4. The first-order valence-electron chi connectivity index (χ1n) is 16.3. The molecule has 3 atom stereocenters. The predicted octanol–water partition coefficient (Wildman–Crippen LogP) is 4.12. The number of likely N-dealkylation sites (tertiary alicyclic amines) is 1. The molecule has 3 N–H and O–H groups in total. The first-order valence-corrected chi connectivity index (χ1v) is 17.1. The molecule has 3 fully saturated rings. The zero-order valence-electron chi connectivity index (χ0n) is 26.4. The van der Waals surface area contributed by atoms with Crippen molar-refractivity contribution < 1.29 is 24.5 Å². The van der Waals surface area contributed by atoms with E-state index in [9.17, 15) is 24.6 Å². The third kappa shape index (κ3) is 6.96. The molecule has 3 aromatic rings. The Balaban J connectivity index is 1.33. The number of aliphatic hydroxyl groups excluding tert-OH is 2. The zero-order valence-corrected chi connectivity index (χ0v) is 27.2. The van der Waals surface area contributed by atoms with E-state index < -0.39 is 30.0 Å². The van der Waals surface area contributed by atoms with E-state index in [0.717, 1.165) is 62.1 Å². The molecule has 2 aromatic heterocycles. The van der Waals surface area contributed by atoms with E-state index in [1.165, 1.54) is 28.2 Å². The van der Waals surface area contributed by atoms with Crippen LogP contribution in [-0.2, 0) is 9.53 Å². The Labute approximate surface area is 272 Å². The minimum Gasteiger partial charge on any atom is -0.394 e. The molecule has 46 heavy (non-hydrogen) atoms. The molecule has 11 nitrogen and oxygen atoms in total. The fourth-order valence-electron chi connectivity index (χ4n) is 6.84. The smallest absolute Gasteiger partial charge is 0.351 e. The lowest BCUT2D eigenvalue weighted by atomic mass is 9.82. The summed E-state index contributed by atoms with van der Waals surface area (Å²) in [5.41, 5.74) is 0.909. The highest BCUT2D eigenvalue weighted by Gasteiger charge is 2.38. The second-order valence-corrected chi connectivity index (χ2v) is 14.0. The molecule has 2 aliphatic heterocycles. The van der Waals surface area contributed by atoms with Crippen LogP contribution in [0.1, 0.15) is 67.8 Å². The van der Waals surface area contributed by atoms with Gasteiger partial charge < -0.3 is 30.1 Å². The fourth-order valence-corrected chi connectivity index (χ4v) is 7.89. The minimum atomic E-state index is -0.899. The van der Waals surface area contributed by atoms with Crippen molar-refractivity contribution >= 4 is 34.7 Å². The van der Waals surface area contributed by atoms with Crippen LogP contribution >= 0.6 is 11.3 Å². The fraction of sp³-hybridized carbons (Fsp3) is 0.529. The molecule has 3 aliphatic rings. The maximum atomic E-state index is 14.4. The molecule has 3 unspecified atom stereocenters. The van der Waals surface area contributed by atoms with Gasteiger partial charge in [-0.05, 0) is 82.3 Å². The van der Waals surface area contributed by atoms with E-state index in [1.54, 1.807) is 0 Å². The molecule has 4 heterocycles. The second kappa shape index (κ2) is 14.1. The number of carbonyl (C=O) groups is 2. The number of anilines is 2. The maximum absolute atomic E-state index is 14.4. The highest BCUT2D eigenvalue weighted by atomic mass is 32.1. The Morgan fingerprint density at radius 3 is 2.46 bits per heavy atom. The molecule has 0 bridgehead atoms. The first-order chi connectivity index (χ1) is 22.2. The van der Waals surface area contributed by atoms with Gasteiger partial charge in [-0.25, -0.2) is 4.79 Å². The van der Waals surface area contributed by atoms with Gasteiger partial charge in [0.05, 0.1) is 18.4 Å². The van der Waals surface area contributed by atoms with Gasteiger partial charge in [-0.3, -0.25) is 14.2 Å². The molecule has 2 amide bonds. The standard InChI is InChI=1S/C34H43N5O6S/c1-21-8-10-23(11-9-21)33(43)39(24-12-15-37(2)16-13-24)25-18-28(22-6-4-3-5-7-22)46-31(25)32(42)35-29-14-17-38(34(44)36-29)30-19-26(41)27(20-40)45-30/h3-7,14,17-18,21,23-24,26-27,30,40-41H,8-13,15-16,19-20H2,1-2H3,(H,35,36,42,44). The number of carbonyl (C=O) groups excluding carboxylic acids is 2. The highest BCUT2D eigenvalue weighted by molar-refractivity contribution is 7.18. The molecule has 246 valence electrons. The van der Waals surface area contributed by atoms with E-state index >= 15 is 0 Å². The summed E-state index contributed by atoms with van der Waals surface area (Å²) >= 11 is 1.33. The maximum Gasteiger partial charge on any atom is 0.351 e. The summed E-state index contributed by atoms with van der Waals surface area (Å²) in [6, 6.07) is 13.3. The number of aliphatic hydroxyl groups is 2. The second-order valence-electron chi connectivity index (χ2n) is 13.0. The Morgan fingerprint density at radius 1 is 1.09 bits per heavy atom. The van der Waals surface area contributed by atoms with Gasteiger partial charge in [0, 0.05) is 29.5 Å². The number of ether oxygens (including phenoxy) is 1. The van der Waals surface area contributed by atoms with E-state index in [-0.39, 0.29) is 36.7 Å². The van der Waals surface area contributed by atoms with Crippen LogP contribution in [0.4, 0.5) is 11.5 Å². The Kier molecular flexibility index (Phi) is 10.00. The Morgan fingerprint density at radius 2 is 1.80 bits per heavy atom. The van der Waals surface area contributed by atoms with Gasteiger partial charge in [-0.2, -0.15) is 4.98 Å². The summed E-state index contributed by atoms with van der Waals surface area (Å²) in [5, 5.41) is 22.3. The van der Waals surface area contributed by atoms with Gasteiger partial charge in [0.25, 0.3) is 5.91 Å². The van der Waals surface area contributed by atoms with Gasteiger partial charge in [0.2, 0.25) is 5.91 Å². The van der Waals surface area contributed by atoms with Crippen molar-refractivity contribution in [1.29, 1.82) is 0 Å². The summed E-state index contributed by atoms with van der Waals surface area (Å²) in [7, 11) is 2.09. The normalized spacial score (nSPS) is 25.8. The lowest BCUT2D eigenvalue weighted by Gasteiger charge is -2.40. The monoisotopic (exact) mass is 649 g/mol. The molecule has 12 heteroatoms. The number of nitrogens with zero attached hydrogens (tertiary/aromatic N) is 4. The molecule has 1 saturated carbocycles. The number of nitrogens with one attached hydrogen (secondary N) is 1. The van der Waals surface area contributed by atoms with Crippen LogP contribution in [0.2, 0.25) is 0 Å². The van der Waals surface area contributed by atoms with Crippen LogP contribution in [0, 0.1) is 11.8 Å². The third-order valence-corrected chi connectivity index (χ3v) is 10.8. The number of rotatable bonds is 8. The van der Waals surface area contributed by atoms with Crippen LogP contribution in [0.15, 0.2) is 53.5 Å². The van der Waals surface area contributed by atoms with Gasteiger partial charge in [-0.1, -0.05) is 37.3 Å². The number of thiophene rings is 1. The lowest BCUT2D eigenvalue weighted by molar-refractivity contribution is -0.124. The predicted molar refractivity (Wildman–Crippen MR) is 177 cm³/mol. The molecule has 6 rings (SSSR count). The summed E-state index contributed by atoms with van der Waals surface area (Å²) in [6.45, 7) is 3.62. The average Bonchev–Trinajstić information content (AvgIpc) is 3.66. The SMILES string of the molecule is CC1CCC(C(=O)N(c2cc(-c3ccccc3)sc2C(=O)Nc2ccn(C3CC(O)C(CO)O3)c(=O)n2)C2CCN(C)CC2)CC1. The van der Waals surface area contributed by atoms with Gasteiger partial charge in [-0.15, -0.1) is 11.3 Å². The van der Waals surface area contributed by atoms with Crippen molar-refractivity contribution in [2.24, 2.45) is 11.8 Å². The lowest BCUT2D eigenvalue weighted by Crippen LogP contribution is -2.49. The average molecular weight is 650 g/mol. The van der Waals surface area contributed by atoms with Gasteiger partial charge >= 0.3 is 5.69 Å². The summed E-state index contributed by atoms with van der Waals surface area (Å²) in [5.74, 6) is 0.249. The number of hydrogen-bond acceptors (Lipinski definition) is 9. The number of benzene rings is 1. The van der Waals surface area contributed by atoms with Gasteiger partial charge in [0.15, 0.2) is 0 Å². The molecule has 0 radical (unpaired) electrons. The molecule has 2 saturated heterocycles. The van der Waals surface area contributed by atoms with Crippen molar-refractivity contribution in [2.45, 2.75) is 76.3 Å². The van der Waals surface area contributed by atoms with Crippen molar-refractivity contribution in [1.82, 2.24) is 14.5 Å². The van der Waals surface area contributed by atoms with Crippen molar-refractivity contribution in [3.8, 4) is 10.4 Å². The van der Waals surface area contributed by atoms with Crippen LogP contribution in [0.3, 0.4) is 0 Å². The Bertz CT molecular complexity index is 1580. The molecule has 1 aliphatic carbocycles. The molecular weight excluding hydrogens is 606 g/mol. The number of amides is 2. The minimum absolute atomic E-state index is 0.0283. The number of hydrogen-bond donors (Lipinski definition) is 3. The Hall–Kier alpha value is -3.42. The van der Waals surface area contributed by atoms with E-state index in [0.29, 0.717) is 16.5 Å². The first kappa shape index (κ1) is 32.5. The van der Waals surface area contributed by atoms with E-state index in [1.807, 2.05) is 41.3 Å². The summed E-state index contributed by atoms with van der Waals surface area (Å²) < 4.78 is 6.85. The van der Waals surface area contributed by atoms with E-state index in [2.05, 4.69) is 29.2 Å². The van der Waals surface area contributed by atoms with Crippen LogP contribution in [0.25, 0.3) is 10.4 Å². The third-order valence-electron chi connectivity index (χ3n) is 9.66. The summed E-state index contributed by atoms with van der Waals surface area (Å²) in [4.78, 5) is 51.0. The van der Waals surface area contributed by atoms with Gasteiger partial charge in [0.1, 0.15) is 23.0 Å². The van der Waals surface area contributed by atoms with Crippen molar-refractivity contribution in [2.75, 3.05) is 37.0 Å². The topological polar surface area (TPSA) is 137 Å². The molecule has 1 aromatic carbocycles. The largest absolute Gasteiger partial charge is 0.394 e. The van der Waals surface area contributed by atoms with Crippen LogP contribution < -0.4 is 15.9 Å². The summed E-state index contributed by atoms with van der Waals surface area (Å²) in [6.07, 6.45) is 4.53. The molecular formula is C34H43N5O6S. The molecule has 0 spiro atoms. The highest BCUT2D eigenvalue weighted by Crippen LogP contribution is 2.41. The van der Waals surface area contributed by atoms with Crippen LogP contribution in [0.5, 0.6) is 0 Å². The van der Waals surface area contributed by atoms with Crippen molar-refractivity contribution in [3.05, 3.63) is 64.0 Å². The van der Waals surface area contributed by atoms with E-state index in [4.69, 9.17) is 4.74 Å².